The quantitative estimate of drug-likeness (QED) is 0.909. The van der Waals surface area contributed by atoms with Crippen molar-refractivity contribution in [1.82, 2.24) is 9.97 Å². The van der Waals surface area contributed by atoms with E-state index in [2.05, 4.69) is 14.9 Å². The normalized spacial score (nSPS) is 18.7. The number of carboxylic acid groups (broad SMARTS) is 1. The number of aromatic nitrogens is 2. The van der Waals surface area contributed by atoms with Crippen molar-refractivity contribution in [3.05, 3.63) is 42.2 Å². The van der Waals surface area contributed by atoms with E-state index in [4.69, 9.17) is 9.52 Å². The van der Waals surface area contributed by atoms with Crippen LogP contribution in [0.2, 0.25) is 0 Å². The largest absolute Gasteiger partial charge is 0.476 e. The summed E-state index contributed by atoms with van der Waals surface area (Å²) in [5.74, 6) is 0.522. The van der Waals surface area contributed by atoms with E-state index in [1.165, 1.54) is 12.4 Å². The van der Waals surface area contributed by atoms with Gasteiger partial charge in [0.2, 0.25) is 0 Å². The maximum absolute atomic E-state index is 10.8. The predicted octanol–water partition coefficient (Wildman–Crippen LogP) is 2.11. The molecule has 2 aromatic heterocycles. The molecule has 1 saturated heterocycles. The molecular formula is C13H13N3O3. The Morgan fingerprint density at radius 2 is 2.32 bits per heavy atom. The number of hydrogen-bond donors (Lipinski definition) is 1. The molecule has 0 aliphatic carbocycles. The molecule has 1 N–H and O–H groups in total. The Kier molecular flexibility index (Phi) is 2.91. The SMILES string of the molecule is O=C(O)c1cnc(N2CCCC2c2ccco2)cn1. The first-order valence-electron chi connectivity index (χ1n) is 6.11. The third kappa shape index (κ3) is 2.16. The van der Waals surface area contributed by atoms with Gasteiger partial charge in [-0.15, -0.1) is 0 Å². The van der Waals surface area contributed by atoms with Gasteiger partial charge >= 0.3 is 5.97 Å². The van der Waals surface area contributed by atoms with Crippen molar-refractivity contribution in [1.29, 1.82) is 0 Å². The van der Waals surface area contributed by atoms with Crippen LogP contribution in [-0.2, 0) is 0 Å². The molecule has 1 atom stereocenters. The molecule has 3 heterocycles. The van der Waals surface area contributed by atoms with Crippen LogP contribution in [0.15, 0.2) is 35.2 Å². The van der Waals surface area contributed by atoms with Gasteiger partial charge in [-0.2, -0.15) is 0 Å². The lowest BCUT2D eigenvalue weighted by Gasteiger charge is -2.23. The maximum atomic E-state index is 10.8. The second-order valence-electron chi connectivity index (χ2n) is 4.43. The first-order chi connectivity index (χ1) is 9.25. The zero-order chi connectivity index (χ0) is 13.2. The van der Waals surface area contributed by atoms with E-state index < -0.39 is 5.97 Å². The van der Waals surface area contributed by atoms with Crippen molar-refractivity contribution in [3.63, 3.8) is 0 Å². The molecule has 0 spiro atoms. The lowest BCUT2D eigenvalue weighted by molar-refractivity contribution is 0.0690. The molecular weight excluding hydrogens is 246 g/mol. The molecule has 1 aliphatic rings. The molecule has 0 bridgehead atoms. The maximum Gasteiger partial charge on any atom is 0.356 e. The summed E-state index contributed by atoms with van der Waals surface area (Å²) in [4.78, 5) is 20.9. The lowest BCUT2D eigenvalue weighted by Crippen LogP contribution is -2.23. The summed E-state index contributed by atoms with van der Waals surface area (Å²) in [7, 11) is 0. The molecule has 98 valence electrons. The van der Waals surface area contributed by atoms with E-state index in [9.17, 15) is 4.79 Å². The number of carbonyl (C=O) groups is 1. The fourth-order valence-corrected chi connectivity index (χ4v) is 2.40. The van der Waals surface area contributed by atoms with Crippen molar-refractivity contribution < 1.29 is 14.3 Å². The van der Waals surface area contributed by atoms with E-state index in [1.807, 2.05) is 12.1 Å². The molecule has 19 heavy (non-hydrogen) atoms. The van der Waals surface area contributed by atoms with E-state index in [0.717, 1.165) is 25.1 Å². The number of hydrogen-bond acceptors (Lipinski definition) is 5. The van der Waals surface area contributed by atoms with Crippen LogP contribution >= 0.6 is 0 Å². The monoisotopic (exact) mass is 259 g/mol. The van der Waals surface area contributed by atoms with Crippen LogP contribution in [0.1, 0.15) is 35.1 Å². The summed E-state index contributed by atoms with van der Waals surface area (Å²) in [5, 5.41) is 8.81. The first-order valence-corrected chi connectivity index (χ1v) is 6.11. The minimum Gasteiger partial charge on any atom is -0.476 e. The van der Waals surface area contributed by atoms with Gasteiger partial charge in [0, 0.05) is 6.54 Å². The zero-order valence-electron chi connectivity index (χ0n) is 10.2. The molecule has 2 aromatic rings. The Morgan fingerprint density at radius 3 is 2.95 bits per heavy atom. The molecule has 0 radical (unpaired) electrons. The molecule has 1 fully saturated rings. The highest BCUT2D eigenvalue weighted by Gasteiger charge is 2.29. The van der Waals surface area contributed by atoms with Crippen LogP contribution in [0.4, 0.5) is 5.82 Å². The zero-order valence-corrected chi connectivity index (χ0v) is 10.2. The first kappa shape index (κ1) is 11.7. The van der Waals surface area contributed by atoms with Gasteiger partial charge < -0.3 is 14.4 Å². The number of aromatic carboxylic acids is 1. The van der Waals surface area contributed by atoms with Crippen LogP contribution < -0.4 is 4.90 Å². The molecule has 0 aromatic carbocycles. The van der Waals surface area contributed by atoms with Gasteiger partial charge in [-0.1, -0.05) is 0 Å². The summed E-state index contributed by atoms with van der Waals surface area (Å²) in [6.45, 7) is 0.868. The highest BCUT2D eigenvalue weighted by Crippen LogP contribution is 2.34. The highest BCUT2D eigenvalue weighted by molar-refractivity contribution is 5.84. The van der Waals surface area contributed by atoms with Crippen LogP contribution in [0.3, 0.4) is 0 Å². The van der Waals surface area contributed by atoms with Crippen molar-refractivity contribution in [2.45, 2.75) is 18.9 Å². The van der Waals surface area contributed by atoms with Crippen LogP contribution in [-0.4, -0.2) is 27.6 Å². The average Bonchev–Trinajstić information content (AvgIpc) is 3.09. The van der Waals surface area contributed by atoms with E-state index >= 15 is 0 Å². The summed E-state index contributed by atoms with van der Waals surface area (Å²) in [6, 6.07) is 3.97. The molecule has 6 nitrogen and oxygen atoms in total. The number of carboxylic acids is 1. The van der Waals surface area contributed by atoms with Crippen LogP contribution in [0, 0.1) is 0 Å². The highest BCUT2D eigenvalue weighted by atomic mass is 16.4. The molecule has 1 unspecified atom stereocenters. The van der Waals surface area contributed by atoms with Gasteiger partial charge in [0.1, 0.15) is 11.6 Å². The third-order valence-electron chi connectivity index (χ3n) is 3.28. The second-order valence-corrected chi connectivity index (χ2v) is 4.43. The van der Waals surface area contributed by atoms with Gasteiger partial charge in [-0.05, 0) is 25.0 Å². The van der Waals surface area contributed by atoms with Crippen LogP contribution in [0.25, 0.3) is 0 Å². The molecule has 3 rings (SSSR count). The van der Waals surface area contributed by atoms with Crippen molar-refractivity contribution in [2.75, 3.05) is 11.4 Å². The summed E-state index contributed by atoms with van der Waals surface area (Å²) < 4.78 is 5.45. The Balaban J connectivity index is 1.86. The number of rotatable bonds is 3. The van der Waals surface area contributed by atoms with E-state index in [1.54, 1.807) is 6.26 Å². The van der Waals surface area contributed by atoms with Crippen molar-refractivity contribution in [3.8, 4) is 0 Å². The summed E-state index contributed by atoms with van der Waals surface area (Å²) in [6.07, 6.45) is 6.49. The van der Waals surface area contributed by atoms with Crippen molar-refractivity contribution in [2.24, 2.45) is 0 Å². The molecule has 6 heteroatoms. The van der Waals surface area contributed by atoms with Gasteiger partial charge in [0.05, 0.1) is 24.7 Å². The van der Waals surface area contributed by atoms with Crippen LogP contribution in [0.5, 0.6) is 0 Å². The van der Waals surface area contributed by atoms with E-state index in [-0.39, 0.29) is 11.7 Å². The van der Waals surface area contributed by atoms with Gasteiger partial charge in [0.25, 0.3) is 0 Å². The Labute approximate surface area is 109 Å². The Morgan fingerprint density at radius 1 is 1.42 bits per heavy atom. The van der Waals surface area contributed by atoms with Gasteiger partial charge in [0.15, 0.2) is 5.69 Å². The molecule has 1 aliphatic heterocycles. The molecule has 0 amide bonds. The van der Waals surface area contributed by atoms with Gasteiger partial charge in [-0.3, -0.25) is 0 Å². The number of furan rings is 1. The standard InChI is InChI=1S/C13H13N3O3/c17-13(18)9-7-15-12(8-14-9)16-5-1-3-10(16)11-4-2-6-19-11/h2,4,6-8,10H,1,3,5H2,(H,17,18). The van der Waals surface area contributed by atoms with E-state index in [0.29, 0.717) is 5.82 Å². The van der Waals surface area contributed by atoms with Gasteiger partial charge in [-0.25, -0.2) is 14.8 Å². The topological polar surface area (TPSA) is 79.5 Å². The minimum absolute atomic E-state index is 0.0440. The fraction of sp³-hybridized carbons (Fsp3) is 0.308. The smallest absolute Gasteiger partial charge is 0.356 e. The minimum atomic E-state index is -1.07. The third-order valence-corrected chi connectivity index (χ3v) is 3.28. The Bertz CT molecular complexity index is 565. The second kappa shape index (κ2) is 4.72. The van der Waals surface area contributed by atoms with Crippen molar-refractivity contribution >= 4 is 11.8 Å². The summed E-state index contributed by atoms with van der Waals surface area (Å²) in [5.41, 5.74) is -0.0440. The Hall–Kier alpha value is -2.37. The number of anilines is 1. The fourth-order valence-electron chi connectivity index (χ4n) is 2.40. The summed E-state index contributed by atoms with van der Waals surface area (Å²) >= 11 is 0. The number of nitrogens with zero attached hydrogens (tertiary/aromatic N) is 3. The predicted molar refractivity (Wildman–Crippen MR) is 67.0 cm³/mol. The molecule has 0 saturated carbocycles. The lowest BCUT2D eigenvalue weighted by atomic mass is 10.2. The average molecular weight is 259 g/mol.